The molecule has 0 saturated heterocycles. The standard InChI is InChI=1S/C6H15NO3S/c1-6(11(2,9)10)5-7-3-4-8/h6-8H,3-5H2,1-2H3. The van der Waals surface area contributed by atoms with Crippen LogP contribution in [0.1, 0.15) is 6.92 Å². The van der Waals surface area contributed by atoms with Crippen LogP contribution in [0, 0.1) is 0 Å². The van der Waals surface area contributed by atoms with Crippen LogP contribution in [0.2, 0.25) is 0 Å². The molecule has 0 aromatic carbocycles. The molecule has 2 N–H and O–H groups in total. The zero-order valence-corrected chi connectivity index (χ0v) is 7.69. The zero-order valence-electron chi connectivity index (χ0n) is 6.87. The van der Waals surface area contributed by atoms with E-state index in [1.807, 2.05) is 0 Å². The van der Waals surface area contributed by atoms with Crippen molar-refractivity contribution in [3.8, 4) is 0 Å². The van der Waals surface area contributed by atoms with Crippen molar-refractivity contribution in [1.29, 1.82) is 0 Å². The first kappa shape index (κ1) is 10.9. The molecule has 0 aliphatic rings. The number of hydrogen-bond donors (Lipinski definition) is 2. The largest absolute Gasteiger partial charge is 0.395 e. The molecule has 0 saturated carbocycles. The summed E-state index contributed by atoms with van der Waals surface area (Å²) in [6.45, 7) is 2.52. The van der Waals surface area contributed by atoms with Crippen molar-refractivity contribution < 1.29 is 13.5 Å². The molecule has 0 bridgehead atoms. The van der Waals surface area contributed by atoms with Crippen molar-refractivity contribution in [1.82, 2.24) is 5.32 Å². The van der Waals surface area contributed by atoms with Gasteiger partial charge in [-0.2, -0.15) is 0 Å². The summed E-state index contributed by atoms with van der Waals surface area (Å²) < 4.78 is 21.6. The van der Waals surface area contributed by atoms with E-state index in [0.29, 0.717) is 13.1 Å². The van der Waals surface area contributed by atoms with Gasteiger partial charge >= 0.3 is 0 Å². The van der Waals surface area contributed by atoms with Crippen molar-refractivity contribution in [2.45, 2.75) is 12.2 Å². The molecule has 0 aromatic rings. The van der Waals surface area contributed by atoms with Gasteiger partial charge in [-0.15, -0.1) is 0 Å². The Labute approximate surface area is 67.5 Å². The fraction of sp³-hybridized carbons (Fsp3) is 1.00. The van der Waals surface area contributed by atoms with Gasteiger partial charge in [0.15, 0.2) is 9.84 Å². The molecule has 5 heteroatoms. The van der Waals surface area contributed by atoms with Gasteiger partial charge in [0, 0.05) is 19.3 Å². The van der Waals surface area contributed by atoms with E-state index >= 15 is 0 Å². The average molecular weight is 181 g/mol. The Morgan fingerprint density at radius 3 is 2.45 bits per heavy atom. The third kappa shape index (κ3) is 5.17. The van der Waals surface area contributed by atoms with Gasteiger partial charge in [-0.3, -0.25) is 0 Å². The van der Waals surface area contributed by atoms with Crippen molar-refractivity contribution in [3.63, 3.8) is 0 Å². The lowest BCUT2D eigenvalue weighted by Crippen LogP contribution is -2.32. The molecular formula is C6H15NO3S. The lowest BCUT2D eigenvalue weighted by molar-refractivity contribution is 0.292. The van der Waals surface area contributed by atoms with Gasteiger partial charge in [-0.25, -0.2) is 8.42 Å². The van der Waals surface area contributed by atoms with Crippen LogP contribution in [0.15, 0.2) is 0 Å². The summed E-state index contributed by atoms with van der Waals surface area (Å²) >= 11 is 0. The van der Waals surface area contributed by atoms with Crippen molar-refractivity contribution >= 4 is 9.84 Å². The highest BCUT2D eigenvalue weighted by Gasteiger charge is 2.12. The molecule has 1 atom stereocenters. The first-order valence-corrected chi connectivity index (χ1v) is 5.44. The van der Waals surface area contributed by atoms with E-state index in [4.69, 9.17) is 5.11 Å². The molecule has 0 aromatic heterocycles. The molecule has 0 fully saturated rings. The number of hydrogen-bond acceptors (Lipinski definition) is 4. The van der Waals surface area contributed by atoms with Gasteiger partial charge in [0.2, 0.25) is 0 Å². The summed E-state index contributed by atoms with van der Waals surface area (Å²) in [5.74, 6) is 0. The molecule has 0 radical (unpaired) electrons. The third-order valence-corrected chi connectivity index (χ3v) is 3.08. The van der Waals surface area contributed by atoms with E-state index in [2.05, 4.69) is 5.32 Å². The Bertz CT molecular complexity index is 188. The second kappa shape index (κ2) is 4.69. The van der Waals surface area contributed by atoms with E-state index < -0.39 is 9.84 Å². The Morgan fingerprint density at radius 1 is 1.55 bits per heavy atom. The second-order valence-corrected chi connectivity index (χ2v) is 5.03. The monoisotopic (exact) mass is 181 g/mol. The minimum Gasteiger partial charge on any atom is -0.395 e. The lowest BCUT2D eigenvalue weighted by atomic mass is 10.4. The zero-order chi connectivity index (χ0) is 8.91. The molecule has 0 aliphatic carbocycles. The minimum absolute atomic E-state index is 0.0382. The Balaban J connectivity index is 3.62. The topological polar surface area (TPSA) is 66.4 Å². The molecular weight excluding hydrogens is 166 g/mol. The second-order valence-electron chi connectivity index (χ2n) is 2.57. The number of aliphatic hydroxyl groups excluding tert-OH is 1. The number of nitrogens with one attached hydrogen (secondary N) is 1. The van der Waals surface area contributed by atoms with E-state index in [0.717, 1.165) is 0 Å². The maximum absolute atomic E-state index is 10.8. The maximum Gasteiger partial charge on any atom is 0.151 e. The highest BCUT2D eigenvalue weighted by molar-refractivity contribution is 7.91. The molecule has 0 spiro atoms. The van der Waals surface area contributed by atoms with E-state index in [-0.39, 0.29) is 11.9 Å². The van der Waals surface area contributed by atoms with Crippen LogP contribution in [-0.2, 0) is 9.84 Å². The van der Waals surface area contributed by atoms with Crippen molar-refractivity contribution in [2.75, 3.05) is 26.0 Å². The Hall–Kier alpha value is -0.130. The Kier molecular flexibility index (Phi) is 4.63. The molecule has 0 aliphatic heterocycles. The smallest absolute Gasteiger partial charge is 0.151 e. The molecule has 1 unspecified atom stereocenters. The fourth-order valence-electron chi connectivity index (χ4n) is 0.536. The maximum atomic E-state index is 10.8. The molecule has 0 heterocycles. The average Bonchev–Trinajstić information content (AvgIpc) is 1.86. The third-order valence-electron chi connectivity index (χ3n) is 1.45. The Morgan fingerprint density at radius 2 is 2.09 bits per heavy atom. The van der Waals surface area contributed by atoms with E-state index in [1.165, 1.54) is 6.26 Å². The predicted molar refractivity (Wildman–Crippen MR) is 44.3 cm³/mol. The van der Waals surface area contributed by atoms with Crippen LogP contribution in [0.5, 0.6) is 0 Å². The molecule has 11 heavy (non-hydrogen) atoms. The summed E-state index contributed by atoms with van der Waals surface area (Å²) in [7, 11) is -2.93. The molecule has 4 nitrogen and oxygen atoms in total. The first-order valence-electron chi connectivity index (χ1n) is 3.49. The molecule has 68 valence electrons. The minimum atomic E-state index is -2.93. The van der Waals surface area contributed by atoms with Gasteiger partial charge in [0.05, 0.1) is 11.9 Å². The quantitative estimate of drug-likeness (QED) is 0.534. The van der Waals surface area contributed by atoms with Gasteiger partial charge in [0.25, 0.3) is 0 Å². The summed E-state index contributed by atoms with van der Waals surface area (Å²) in [4.78, 5) is 0. The van der Waals surface area contributed by atoms with Gasteiger partial charge < -0.3 is 10.4 Å². The summed E-state index contributed by atoms with van der Waals surface area (Å²) in [5, 5.41) is 10.8. The van der Waals surface area contributed by atoms with Crippen LogP contribution >= 0.6 is 0 Å². The summed E-state index contributed by atoms with van der Waals surface area (Å²) in [5.41, 5.74) is 0. The summed E-state index contributed by atoms with van der Waals surface area (Å²) in [6, 6.07) is 0. The molecule has 0 rings (SSSR count). The van der Waals surface area contributed by atoms with Crippen LogP contribution in [-0.4, -0.2) is 44.7 Å². The molecule has 0 amide bonds. The van der Waals surface area contributed by atoms with Crippen LogP contribution in [0.25, 0.3) is 0 Å². The number of rotatable bonds is 5. The summed E-state index contributed by atoms with van der Waals surface area (Å²) in [6.07, 6.45) is 1.21. The van der Waals surface area contributed by atoms with Crippen LogP contribution in [0.3, 0.4) is 0 Å². The SMILES string of the molecule is CC(CNCCO)S(C)(=O)=O. The van der Waals surface area contributed by atoms with E-state index in [9.17, 15) is 8.42 Å². The van der Waals surface area contributed by atoms with Crippen molar-refractivity contribution in [3.05, 3.63) is 0 Å². The van der Waals surface area contributed by atoms with Gasteiger partial charge in [0.1, 0.15) is 0 Å². The highest BCUT2D eigenvalue weighted by Crippen LogP contribution is 1.94. The number of sulfone groups is 1. The van der Waals surface area contributed by atoms with E-state index in [1.54, 1.807) is 6.92 Å². The lowest BCUT2D eigenvalue weighted by Gasteiger charge is -2.08. The van der Waals surface area contributed by atoms with Crippen molar-refractivity contribution in [2.24, 2.45) is 0 Å². The fourth-order valence-corrected chi connectivity index (χ4v) is 0.956. The van der Waals surface area contributed by atoms with Crippen LogP contribution < -0.4 is 5.32 Å². The highest BCUT2D eigenvalue weighted by atomic mass is 32.2. The predicted octanol–water partition coefficient (Wildman–Crippen LogP) is -0.999. The normalized spacial score (nSPS) is 14.8. The van der Waals surface area contributed by atoms with Crippen LogP contribution in [0.4, 0.5) is 0 Å². The number of aliphatic hydroxyl groups is 1. The van der Waals surface area contributed by atoms with Gasteiger partial charge in [-0.1, -0.05) is 0 Å². The first-order chi connectivity index (χ1) is 4.98. The van der Waals surface area contributed by atoms with Gasteiger partial charge in [-0.05, 0) is 6.92 Å².